The zero-order chi connectivity index (χ0) is 24.8. The maximum absolute atomic E-state index is 13.0. The van der Waals surface area contributed by atoms with Gasteiger partial charge in [-0.3, -0.25) is 9.59 Å². The van der Waals surface area contributed by atoms with Gasteiger partial charge in [-0.1, -0.05) is 55.0 Å². The van der Waals surface area contributed by atoms with Gasteiger partial charge in [-0.05, 0) is 54.9 Å². The highest BCUT2D eigenvalue weighted by Gasteiger charge is 2.32. The van der Waals surface area contributed by atoms with E-state index in [0.29, 0.717) is 25.9 Å². The van der Waals surface area contributed by atoms with E-state index in [1.54, 1.807) is 4.90 Å². The fourth-order valence-corrected chi connectivity index (χ4v) is 5.46. The molecule has 2 amide bonds. The Hall–Kier alpha value is -3.35. The van der Waals surface area contributed by atoms with E-state index in [1.807, 2.05) is 31.2 Å². The van der Waals surface area contributed by atoms with Crippen molar-refractivity contribution in [3.05, 3.63) is 59.7 Å². The van der Waals surface area contributed by atoms with Crippen LogP contribution in [0.2, 0.25) is 0 Å². The average molecular weight is 479 g/mol. The van der Waals surface area contributed by atoms with Crippen molar-refractivity contribution in [2.45, 2.75) is 57.4 Å². The first kappa shape index (κ1) is 24.8. The molecule has 1 fully saturated rings. The molecule has 35 heavy (non-hydrogen) atoms. The molecule has 2 N–H and O–H groups in total. The molecule has 4 rings (SSSR count). The summed E-state index contributed by atoms with van der Waals surface area (Å²) in [5, 5.41) is 11.8. The summed E-state index contributed by atoms with van der Waals surface area (Å²) in [6.07, 6.45) is 3.11. The molecule has 2 atom stereocenters. The van der Waals surface area contributed by atoms with Crippen LogP contribution in [0.3, 0.4) is 0 Å². The molecule has 0 bridgehead atoms. The summed E-state index contributed by atoms with van der Waals surface area (Å²) in [6, 6.07) is 16.4. The lowest BCUT2D eigenvalue weighted by molar-refractivity contribution is -0.139. The lowest BCUT2D eigenvalue weighted by Gasteiger charge is -2.32. The fraction of sp³-hybridized carbons (Fsp3) is 0.464. The molecule has 0 radical (unpaired) electrons. The molecule has 0 spiro atoms. The molecule has 0 aliphatic heterocycles. The van der Waals surface area contributed by atoms with Gasteiger partial charge in [0.15, 0.2) is 0 Å². The van der Waals surface area contributed by atoms with Gasteiger partial charge in [-0.15, -0.1) is 0 Å². The fourth-order valence-electron chi connectivity index (χ4n) is 5.46. The Bertz CT molecular complexity index is 1020. The van der Waals surface area contributed by atoms with Crippen LogP contribution in [-0.2, 0) is 14.3 Å². The molecular formula is C28H34N2O5. The van der Waals surface area contributed by atoms with Crippen LogP contribution in [-0.4, -0.2) is 53.7 Å². The Morgan fingerprint density at radius 2 is 1.69 bits per heavy atom. The van der Waals surface area contributed by atoms with Gasteiger partial charge < -0.3 is 20.1 Å². The number of alkyl carbamates (subject to hydrolysis) is 1. The Balaban J connectivity index is 1.30. The lowest BCUT2D eigenvalue weighted by Crippen LogP contribution is -2.44. The topological polar surface area (TPSA) is 95.9 Å². The van der Waals surface area contributed by atoms with E-state index in [2.05, 4.69) is 29.6 Å². The number of carboxylic acids is 1. The molecule has 2 aromatic carbocycles. The van der Waals surface area contributed by atoms with Crippen LogP contribution in [0.25, 0.3) is 11.1 Å². The number of carbonyl (C=O) groups excluding carboxylic acids is 2. The van der Waals surface area contributed by atoms with Crippen molar-refractivity contribution >= 4 is 18.0 Å². The van der Waals surface area contributed by atoms with Crippen molar-refractivity contribution in [3.8, 4) is 11.1 Å². The Labute approximate surface area is 206 Å². The first-order valence-electron chi connectivity index (χ1n) is 12.6. The second-order valence-corrected chi connectivity index (χ2v) is 9.45. The van der Waals surface area contributed by atoms with E-state index in [1.165, 1.54) is 22.3 Å². The van der Waals surface area contributed by atoms with Gasteiger partial charge >= 0.3 is 12.1 Å². The molecule has 0 aromatic heterocycles. The molecule has 2 aliphatic carbocycles. The van der Waals surface area contributed by atoms with Crippen LogP contribution in [0.4, 0.5) is 4.79 Å². The first-order chi connectivity index (χ1) is 17.0. The van der Waals surface area contributed by atoms with Crippen LogP contribution < -0.4 is 5.32 Å². The molecule has 186 valence electrons. The monoisotopic (exact) mass is 478 g/mol. The molecule has 7 heteroatoms. The van der Waals surface area contributed by atoms with E-state index < -0.39 is 12.1 Å². The SMILES string of the molecule is CCN(CCCC(=O)O)C(=O)[C@@H]1CCC[C@H](NC(=O)OCC2c3ccccc3-c3ccccc32)C1. The Morgan fingerprint density at radius 1 is 1.03 bits per heavy atom. The molecule has 0 heterocycles. The predicted octanol–water partition coefficient (Wildman–Crippen LogP) is 4.80. The molecular weight excluding hydrogens is 444 g/mol. The largest absolute Gasteiger partial charge is 0.481 e. The number of fused-ring (bicyclic) bond motifs is 3. The molecule has 1 saturated carbocycles. The maximum atomic E-state index is 13.0. The summed E-state index contributed by atoms with van der Waals surface area (Å²) in [6.45, 7) is 3.18. The maximum Gasteiger partial charge on any atom is 0.407 e. The van der Waals surface area contributed by atoms with Gasteiger partial charge in [0.25, 0.3) is 0 Å². The molecule has 2 aliphatic rings. The van der Waals surface area contributed by atoms with E-state index in [9.17, 15) is 14.4 Å². The second-order valence-electron chi connectivity index (χ2n) is 9.45. The number of hydrogen-bond donors (Lipinski definition) is 2. The zero-order valence-electron chi connectivity index (χ0n) is 20.2. The standard InChI is InChI=1S/C28H34N2O5/c1-2-30(16-8-15-26(31)32)27(33)19-9-7-10-20(17-19)29-28(34)35-18-25-23-13-5-3-11-21(23)22-12-4-6-14-24(22)25/h3-6,11-14,19-20,25H,2,7-10,15-18H2,1H3,(H,29,34)(H,31,32)/t19-,20+/m1/s1. The number of carboxylic acid groups (broad SMARTS) is 1. The summed E-state index contributed by atoms with van der Waals surface area (Å²) in [5.41, 5.74) is 4.73. The summed E-state index contributed by atoms with van der Waals surface area (Å²) in [4.78, 5) is 38.2. The Kier molecular flexibility index (Phi) is 8.06. The number of hydrogen-bond acceptors (Lipinski definition) is 4. The number of nitrogens with zero attached hydrogens (tertiary/aromatic N) is 1. The number of benzene rings is 2. The van der Waals surface area contributed by atoms with Crippen LogP contribution in [0.1, 0.15) is 62.5 Å². The van der Waals surface area contributed by atoms with Crippen molar-refractivity contribution < 1.29 is 24.2 Å². The number of aliphatic carboxylic acids is 1. The number of carbonyl (C=O) groups is 3. The van der Waals surface area contributed by atoms with Crippen molar-refractivity contribution in [2.75, 3.05) is 19.7 Å². The van der Waals surface area contributed by atoms with Crippen molar-refractivity contribution in [1.82, 2.24) is 10.2 Å². The lowest BCUT2D eigenvalue weighted by atomic mass is 9.84. The summed E-state index contributed by atoms with van der Waals surface area (Å²) in [5.74, 6) is -0.944. The third-order valence-electron chi connectivity index (χ3n) is 7.20. The van der Waals surface area contributed by atoms with Gasteiger partial charge in [0.1, 0.15) is 6.61 Å². The first-order valence-corrected chi connectivity index (χ1v) is 12.6. The van der Waals surface area contributed by atoms with Gasteiger partial charge in [0.2, 0.25) is 5.91 Å². The van der Waals surface area contributed by atoms with Gasteiger partial charge in [0, 0.05) is 37.4 Å². The summed E-state index contributed by atoms with van der Waals surface area (Å²) in [7, 11) is 0. The van der Waals surface area contributed by atoms with Crippen molar-refractivity contribution in [2.24, 2.45) is 5.92 Å². The second kappa shape index (κ2) is 11.4. The van der Waals surface area contributed by atoms with E-state index in [4.69, 9.17) is 9.84 Å². The quantitative estimate of drug-likeness (QED) is 0.540. The minimum absolute atomic E-state index is 0.0118. The smallest absolute Gasteiger partial charge is 0.407 e. The summed E-state index contributed by atoms with van der Waals surface area (Å²) >= 11 is 0. The number of rotatable bonds is 9. The van der Waals surface area contributed by atoms with E-state index in [0.717, 1.165) is 19.3 Å². The minimum Gasteiger partial charge on any atom is -0.481 e. The Morgan fingerprint density at radius 3 is 2.31 bits per heavy atom. The average Bonchev–Trinajstić information content (AvgIpc) is 3.19. The van der Waals surface area contributed by atoms with Gasteiger partial charge in [0.05, 0.1) is 0 Å². The third kappa shape index (κ3) is 5.84. The van der Waals surface area contributed by atoms with Gasteiger partial charge in [-0.2, -0.15) is 0 Å². The van der Waals surface area contributed by atoms with Crippen LogP contribution in [0.5, 0.6) is 0 Å². The summed E-state index contributed by atoms with van der Waals surface area (Å²) < 4.78 is 5.68. The van der Waals surface area contributed by atoms with Gasteiger partial charge in [-0.25, -0.2) is 4.79 Å². The highest BCUT2D eigenvalue weighted by Crippen LogP contribution is 2.44. The van der Waals surface area contributed by atoms with Crippen molar-refractivity contribution in [3.63, 3.8) is 0 Å². The van der Waals surface area contributed by atoms with E-state index in [-0.39, 0.29) is 36.8 Å². The zero-order valence-corrected chi connectivity index (χ0v) is 20.2. The number of nitrogens with one attached hydrogen (secondary N) is 1. The highest BCUT2D eigenvalue weighted by molar-refractivity contribution is 5.80. The number of amides is 2. The molecule has 0 unspecified atom stereocenters. The highest BCUT2D eigenvalue weighted by atomic mass is 16.5. The molecule has 7 nitrogen and oxygen atoms in total. The predicted molar refractivity (Wildman–Crippen MR) is 133 cm³/mol. The third-order valence-corrected chi connectivity index (χ3v) is 7.20. The molecule has 0 saturated heterocycles. The van der Waals surface area contributed by atoms with Crippen molar-refractivity contribution in [1.29, 1.82) is 0 Å². The van der Waals surface area contributed by atoms with Crippen LogP contribution >= 0.6 is 0 Å². The van der Waals surface area contributed by atoms with Crippen LogP contribution in [0, 0.1) is 5.92 Å². The number of ether oxygens (including phenoxy) is 1. The minimum atomic E-state index is -0.849. The van der Waals surface area contributed by atoms with Crippen LogP contribution in [0.15, 0.2) is 48.5 Å². The normalized spacial score (nSPS) is 18.9. The molecule has 2 aromatic rings. The van der Waals surface area contributed by atoms with E-state index >= 15 is 0 Å².